The van der Waals surface area contributed by atoms with Crippen LogP contribution < -0.4 is 5.56 Å². The average Bonchev–Trinajstić information content (AvgIpc) is 2.34. The summed E-state index contributed by atoms with van der Waals surface area (Å²) in [6, 6.07) is 3.83. The molecule has 1 N–H and O–H groups in total. The standard InChI is InChI=1S/C13H14BrN3O/c1-8(2)12-11(14)13(18)17-10(16-12)6-9-4-3-5-15-7-9/h3-5,7-8H,6H2,1-2H3,(H,16,17,18). The molecule has 0 aliphatic carbocycles. The second kappa shape index (κ2) is 5.44. The Morgan fingerprint density at radius 3 is 2.83 bits per heavy atom. The van der Waals surface area contributed by atoms with Gasteiger partial charge in [0.25, 0.3) is 5.56 Å². The van der Waals surface area contributed by atoms with E-state index in [2.05, 4.69) is 30.9 Å². The van der Waals surface area contributed by atoms with Gasteiger partial charge in [0, 0.05) is 18.8 Å². The maximum absolute atomic E-state index is 11.8. The van der Waals surface area contributed by atoms with Gasteiger partial charge in [0.2, 0.25) is 0 Å². The normalized spacial score (nSPS) is 10.9. The van der Waals surface area contributed by atoms with Crippen LogP contribution in [-0.2, 0) is 6.42 Å². The number of halogens is 1. The summed E-state index contributed by atoms with van der Waals surface area (Å²) in [5.41, 5.74) is 1.68. The smallest absolute Gasteiger partial charge is 0.265 e. The van der Waals surface area contributed by atoms with E-state index in [1.807, 2.05) is 26.0 Å². The zero-order valence-electron chi connectivity index (χ0n) is 10.3. The van der Waals surface area contributed by atoms with E-state index in [4.69, 9.17) is 0 Å². The first-order chi connectivity index (χ1) is 8.58. The second-order valence-corrected chi connectivity index (χ2v) is 5.20. The molecular formula is C13H14BrN3O. The summed E-state index contributed by atoms with van der Waals surface area (Å²) in [6.07, 6.45) is 4.08. The molecule has 94 valence electrons. The molecule has 2 heterocycles. The Kier molecular flexibility index (Phi) is 3.91. The highest BCUT2D eigenvalue weighted by molar-refractivity contribution is 9.10. The van der Waals surface area contributed by atoms with Crippen molar-refractivity contribution in [3.63, 3.8) is 0 Å². The highest BCUT2D eigenvalue weighted by Gasteiger charge is 2.12. The van der Waals surface area contributed by atoms with Crippen LogP contribution in [-0.4, -0.2) is 15.0 Å². The van der Waals surface area contributed by atoms with Crippen LogP contribution in [0.5, 0.6) is 0 Å². The number of rotatable bonds is 3. The van der Waals surface area contributed by atoms with E-state index in [1.165, 1.54) is 0 Å². The third-order valence-corrected chi connectivity index (χ3v) is 3.35. The molecule has 0 amide bonds. The molecule has 0 aliphatic rings. The fourth-order valence-electron chi connectivity index (χ4n) is 1.69. The molecule has 2 aromatic rings. The number of aromatic nitrogens is 3. The number of nitrogens with one attached hydrogen (secondary N) is 1. The Balaban J connectivity index is 2.38. The van der Waals surface area contributed by atoms with Crippen molar-refractivity contribution in [2.45, 2.75) is 26.2 Å². The van der Waals surface area contributed by atoms with E-state index in [9.17, 15) is 4.79 Å². The Labute approximate surface area is 114 Å². The minimum Gasteiger partial charge on any atom is -0.309 e. The monoisotopic (exact) mass is 307 g/mol. The van der Waals surface area contributed by atoms with Crippen LogP contribution in [0.4, 0.5) is 0 Å². The SMILES string of the molecule is CC(C)c1nc(Cc2cccnc2)[nH]c(=O)c1Br. The number of nitrogens with zero attached hydrogens (tertiary/aromatic N) is 2. The van der Waals surface area contributed by atoms with E-state index >= 15 is 0 Å². The van der Waals surface area contributed by atoms with E-state index in [-0.39, 0.29) is 11.5 Å². The predicted molar refractivity (Wildman–Crippen MR) is 73.7 cm³/mol. The highest BCUT2D eigenvalue weighted by Crippen LogP contribution is 2.19. The predicted octanol–water partition coefficient (Wildman–Crippen LogP) is 2.64. The Morgan fingerprint density at radius 1 is 1.44 bits per heavy atom. The van der Waals surface area contributed by atoms with Crippen molar-refractivity contribution in [3.8, 4) is 0 Å². The molecule has 0 aliphatic heterocycles. The van der Waals surface area contributed by atoms with Gasteiger partial charge < -0.3 is 4.98 Å². The lowest BCUT2D eigenvalue weighted by atomic mass is 10.1. The molecule has 0 radical (unpaired) electrons. The van der Waals surface area contributed by atoms with Gasteiger partial charge in [-0.3, -0.25) is 9.78 Å². The lowest BCUT2D eigenvalue weighted by molar-refractivity contribution is 0.775. The highest BCUT2D eigenvalue weighted by atomic mass is 79.9. The van der Waals surface area contributed by atoms with Gasteiger partial charge >= 0.3 is 0 Å². The summed E-state index contributed by atoms with van der Waals surface area (Å²) in [6.45, 7) is 4.03. The van der Waals surface area contributed by atoms with E-state index in [0.29, 0.717) is 16.7 Å². The molecule has 0 aromatic carbocycles. The quantitative estimate of drug-likeness (QED) is 0.948. The number of hydrogen-bond acceptors (Lipinski definition) is 3. The topological polar surface area (TPSA) is 58.6 Å². The lowest BCUT2D eigenvalue weighted by Gasteiger charge is -2.09. The molecule has 18 heavy (non-hydrogen) atoms. The number of aromatic amines is 1. The van der Waals surface area contributed by atoms with Gasteiger partial charge in [0.15, 0.2) is 0 Å². The van der Waals surface area contributed by atoms with Crippen molar-refractivity contribution in [2.75, 3.05) is 0 Å². The first-order valence-electron chi connectivity index (χ1n) is 5.75. The first kappa shape index (κ1) is 13.0. The van der Waals surface area contributed by atoms with Crippen molar-refractivity contribution in [2.24, 2.45) is 0 Å². The van der Waals surface area contributed by atoms with Crippen LogP contribution in [0, 0.1) is 0 Å². The minimum absolute atomic E-state index is 0.132. The van der Waals surface area contributed by atoms with Gasteiger partial charge in [-0.1, -0.05) is 19.9 Å². The molecular weight excluding hydrogens is 294 g/mol. The Morgan fingerprint density at radius 2 is 2.22 bits per heavy atom. The van der Waals surface area contributed by atoms with Gasteiger partial charge in [-0.05, 0) is 33.5 Å². The summed E-state index contributed by atoms with van der Waals surface area (Å²) >= 11 is 3.28. The molecule has 0 bridgehead atoms. The maximum Gasteiger partial charge on any atom is 0.265 e. The van der Waals surface area contributed by atoms with Crippen LogP contribution in [0.3, 0.4) is 0 Å². The van der Waals surface area contributed by atoms with E-state index < -0.39 is 0 Å². The van der Waals surface area contributed by atoms with Gasteiger partial charge in [0.05, 0.1) is 5.69 Å². The van der Waals surface area contributed by atoms with E-state index in [0.717, 1.165) is 11.3 Å². The Hall–Kier alpha value is -1.49. The van der Waals surface area contributed by atoms with Gasteiger partial charge in [-0.25, -0.2) is 4.98 Å². The van der Waals surface area contributed by atoms with Crippen LogP contribution in [0.15, 0.2) is 33.8 Å². The summed E-state index contributed by atoms with van der Waals surface area (Å²) in [5, 5.41) is 0. The molecule has 0 fully saturated rings. The number of pyridine rings is 1. The number of hydrogen-bond donors (Lipinski definition) is 1. The molecule has 5 heteroatoms. The molecule has 0 unspecified atom stereocenters. The molecule has 0 saturated heterocycles. The van der Waals surface area contributed by atoms with Crippen molar-refractivity contribution in [1.29, 1.82) is 0 Å². The maximum atomic E-state index is 11.8. The molecule has 0 spiro atoms. The zero-order valence-corrected chi connectivity index (χ0v) is 11.9. The van der Waals surface area contributed by atoms with Crippen molar-refractivity contribution < 1.29 is 0 Å². The lowest BCUT2D eigenvalue weighted by Crippen LogP contribution is -2.16. The molecule has 0 atom stereocenters. The van der Waals surface area contributed by atoms with Crippen molar-refractivity contribution in [1.82, 2.24) is 15.0 Å². The summed E-state index contributed by atoms with van der Waals surface area (Å²) < 4.78 is 0.521. The van der Waals surface area contributed by atoms with Crippen LogP contribution in [0.2, 0.25) is 0 Å². The molecule has 4 nitrogen and oxygen atoms in total. The number of H-pyrrole nitrogens is 1. The van der Waals surface area contributed by atoms with Crippen LogP contribution >= 0.6 is 15.9 Å². The first-order valence-corrected chi connectivity index (χ1v) is 6.54. The van der Waals surface area contributed by atoms with Crippen molar-refractivity contribution in [3.05, 3.63) is 56.4 Å². The third kappa shape index (κ3) is 2.85. The largest absolute Gasteiger partial charge is 0.309 e. The van der Waals surface area contributed by atoms with Gasteiger partial charge in [-0.2, -0.15) is 0 Å². The third-order valence-electron chi connectivity index (χ3n) is 2.58. The van der Waals surface area contributed by atoms with Gasteiger partial charge in [0.1, 0.15) is 10.3 Å². The Bertz CT molecular complexity index is 593. The van der Waals surface area contributed by atoms with Crippen LogP contribution in [0.1, 0.15) is 36.8 Å². The summed E-state index contributed by atoms with van der Waals surface area (Å²) in [7, 11) is 0. The van der Waals surface area contributed by atoms with E-state index in [1.54, 1.807) is 12.4 Å². The average molecular weight is 308 g/mol. The zero-order chi connectivity index (χ0) is 13.1. The summed E-state index contributed by atoms with van der Waals surface area (Å²) in [5.74, 6) is 0.870. The molecule has 0 saturated carbocycles. The van der Waals surface area contributed by atoms with Crippen molar-refractivity contribution >= 4 is 15.9 Å². The minimum atomic E-state index is -0.132. The van der Waals surface area contributed by atoms with Gasteiger partial charge in [-0.15, -0.1) is 0 Å². The molecule has 2 rings (SSSR count). The second-order valence-electron chi connectivity index (χ2n) is 4.40. The summed E-state index contributed by atoms with van der Waals surface area (Å²) in [4.78, 5) is 23.1. The fourth-order valence-corrected chi connectivity index (χ4v) is 2.33. The van der Waals surface area contributed by atoms with Crippen LogP contribution in [0.25, 0.3) is 0 Å². The molecule has 2 aromatic heterocycles. The fraction of sp³-hybridized carbons (Fsp3) is 0.308.